The quantitative estimate of drug-likeness (QED) is 0.791. The Hall–Kier alpha value is -1.15. The molecule has 3 aliphatic rings. The van der Waals surface area contributed by atoms with Crippen LogP contribution in [0.5, 0.6) is 0 Å². The molecule has 1 aromatic rings. The summed E-state index contributed by atoms with van der Waals surface area (Å²) in [5, 5.41) is 0. The lowest BCUT2D eigenvalue weighted by atomic mass is 9.47. The molecule has 118 valence electrons. The summed E-state index contributed by atoms with van der Waals surface area (Å²) in [6.45, 7) is 5.59. The van der Waals surface area contributed by atoms with Crippen molar-refractivity contribution in [3.05, 3.63) is 35.4 Å². The number of likely N-dealkylation sites (N-methyl/N-ethyl adjacent to an activating group) is 1. The molecule has 4 rings (SSSR count). The number of carbonyl (C=O) groups is 1. The van der Waals surface area contributed by atoms with E-state index in [4.69, 9.17) is 0 Å². The van der Waals surface area contributed by atoms with Crippen molar-refractivity contribution in [2.24, 2.45) is 17.8 Å². The van der Waals surface area contributed by atoms with Crippen LogP contribution in [0.15, 0.2) is 24.3 Å². The molecule has 1 saturated carbocycles. The van der Waals surface area contributed by atoms with Crippen molar-refractivity contribution < 1.29 is 4.79 Å². The predicted molar refractivity (Wildman–Crippen MR) is 88.9 cm³/mol. The van der Waals surface area contributed by atoms with Crippen molar-refractivity contribution in [1.29, 1.82) is 0 Å². The number of fused-ring (bicyclic) bond motifs is 1. The smallest absolute Gasteiger partial charge is 0.136 e. The molecule has 1 aromatic carbocycles. The van der Waals surface area contributed by atoms with Crippen LogP contribution in [0.2, 0.25) is 0 Å². The maximum atomic E-state index is 12.8. The number of ketones is 1. The van der Waals surface area contributed by atoms with Gasteiger partial charge in [-0.25, -0.2) is 0 Å². The first kappa shape index (κ1) is 14.4. The normalized spacial score (nSPS) is 41.0. The lowest BCUT2D eigenvalue weighted by Gasteiger charge is -2.61. The molecular weight excluding hydrogens is 270 g/mol. The molecule has 5 atom stereocenters. The van der Waals surface area contributed by atoms with E-state index < -0.39 is 0 Å². The van der Waals surface area contributed by atoms with Crippen molar-refractivity contribution >= 4 is 5.78 Å². The minimum absolute atomic E-state index is 0.121. The molecule has 22 heavy (non-hydrogen) atoms. The topological polar surface area (TPSA) is 20.3 Å². The number of hydrogen-bond donors (Lipinski definition) is 0. The highest BCUT2D eigenvalue weighted by Crippen LogP contribution is 2.58. The van der Waals surface area contributed by atoms with Gasteiger partial charge in [-0.3, -0.25) is 4.79 Å². The molecule has 0 unspecified atom stereocenters. The first-order valence-electron chi connectivity index (χ1n) is 8.90. The molecule has 0 amide bonds. The van der Waals surface area contributed by atoms with Gasteiger partial charge in [-0.05, 0) is 49.4 Å². The number of piperidine rings is 1. The van der Waals surface area contributed by atoms with Crippen molar-refractivity contribution in [3.8, 4) is 0 Å². The molecule has 2 nitrogen and oxygen atoms in total. The predicted octanol–water partition coefficient (Wildman–Crippen LogP) is 3.44. The van der Waals surface area contributed by atoms with E-state index in [0.717, 1.165) is 32.2 Å². The van der Waals surface area contributed by atoms with E-state index in [0.29, 0.717) is 23.7 Å². The monoisotopic (exact) mass is 297 g/mol. The highest BCUT2D eigenvalue weighted by atomic mass is 16.1. The Morgan fingerprint density at radius 2 is 2.09 bits per heavy atom. The Balaban J connectivity index is 1.92. The summed E-state index contributed by atoms with van der Waals surface area (Å²) in [6, 6.07) is 9.56. The van der Waals surface area contributed by atoms with Crippen LogP contribution in [0.4, 0.5) is 0 Å². The third-order valence-electron chi connectivity index (χ3n) is 7.08. The van der Waals surface area contributed by atoms with Crippen LogP contribution in [0, 0.1) is 17.8 Å². The van der Waals surface area contributed by atoms with Gasteiger partial charge < -0.3 is 4.90 Å². The molecule has 2 aliphatic carbocycles. The SMILES string of the molecule is CC[C@@H]1[C@H]2[C@H]3Cc4ccccc4[C@@]2(CCN3C)CC(=O)[C@H]1C. The molecule has 1 saturated heterocycles. The summed E-state index contributed by atoms with van der Waals surface area (Å²) in [6.07, 6.45) is 4.22. The van der Waals surface area contributed by atoms with Crippen molar-refractivity contribution in [1.82, 2.24) is 4.90 Å². The largest absolute Gasteiger partial charge is 0.303 e. The molecule has 0 radical (unpaired) electrons. The van der Waals surface area contributed by atoms with Crippen LogP contribution < -0.4 is 0 Å². The van der Waals surface area contributed by atoms with Crippen molar-refractivity contribution in [3.63, 3.8) is 0 Å². The average molecular weight is 297 g/mol. The van der Waals surface area contributed by atoms with Gasteiger partial charge in [0.15, 0.2) is 0 Å². The summed E-state index contributed by atoms with van der Waals surface area (Å²) in [7, 11) is 2.29. The zero-order chi connectivity index (χ0) is 15.5. The van der Waals surface area contributed by atoms with Crippen LogP contribution in [0.3, 0.4) is 0 Å². The Morgan fingerprint density at radius 3 is 2.86 bits per heavy atom. The Labute approximate surface area is 133 Å². The van der Waals surface area contributed by atoms with Crippen molar-refractivity contribution in [2.75, 3.05) is 13.6 Å². The van der Waals surface area contributed by atoms with Gasteiger partial charge in [0.05, 0.1) is 0 Å². The molecule has 0 aromatic heterocycles. The fraction of sp³-hybridized carbons (Fsp3) is 0.650. The standard InChI is InChI=1S/C20H27NO/c1-4-15-13(2)18(22)12-20-9-10-21(3)17(19(15)20)11-14-7-5-6-8-16(14)20/h5-8,13,15,17,19H,4,9-12H2,1-3H3/t13-,15-,17+,19-,20+/m0/s1. The third kappa shape index (κ3) is 1.73. The Morgan fingerprint density at radius 1 is 1.32 bits per heavy atom. The highest BCUT2D eigenvalue weighted by Gasteiger charge is 2.59. The second-order valence-corrected chi connectivity index (χ2v) is 7.85. The van der Waals surface area contributed by atoms with E-state index >= 15 is 0 Å². The zero-order valence-corrected chi connectivity index (χ0v) is 14.0. The van der Waals surface area contributed by atoms with Gasteiger partial charge >= 0.3 is 0 Å². The van der Waals surface area contributed by atoms with Gasteiger partial charge in [-0.2, -0.15) is 0 Å². The van der Waals surface area contributed by atoms with Crippen LogP contribution in [0.25, 0.3) is 0 Å². The number of Topliss-reactive ketones (excluding diaryl/α,β-unsaturated/α-hetero) is 1. The summed E-state index contributed by atoms with van der Waals surface area (Å²) in [5.41, 5.74) is 3.12. The van der Waals surface area contributed by atoms with Gasteiger partial charge in [0, 0.05) is 23.8 Å². The van der Waals surface area contributed by atoms with Crippen molar-refractivity contribution in [2.45, 2.75) is 51.0 Å². The first-order chi connectivity index (χ1) is 10.6. The second-order valence-electron chi connectivity index (χ2n) is 7.85. The Kier molecular flexibility index (Phi) is 3.23. The minimum Gasteiger partial charge on any atom is -0.303 e. The van der Waals surface area contributed by atoms with Crippen LogP contribution in [-0.4, -0.2) is 30.3 Å². The first-order valence-corrected chi connectivity index (χ1v) is 8.90. The second kappa shape index (κ2) is 4.92. The molecule has 1 heterocycles. The fourth-order valence-electron chi connectivity index (χ4n) is 5.98. The molecule has 2 fully saturated rings. The van der Waals surface area contributed by atoms with Gasteiger partial charge in [0.25, 0.3) is 0 Å². The summed E-state index contributed by atoms with van der Waals surface area (Å²) >= 11 is 0. The van der Waals surface area contributed by atoms with Crippen LogP contribution >= 0.6 is 0 Å². The van der Waals surface area contributed by atoms with Crippen LogP contribution in [0.1, 0.15) is 44.2 Å². The number of nitrogens with zero attached hydrogens (tertiary/aromatic N) is 1. The molecule has 2 heteroatoms. The number of carbonyl (C=O) groups excluding carboxylic acids is 1. The van der Waals surface area contributed by atoms with E-state index in [1.807, 2.05) is 0 Å². The maximum Gasteiger partial charge on any atom is 0.136 e. The van der Waals surface area contributed by atoms with Gasteiger partial charge in [-0.15, -0.1) is 0 Å². The number of rotatable bonds is 1. The molecule has 0 N–H and O–H groups in total. The van der Waals surface area contributed by atoms with Crippen LogP contribution in [-0.2, 0) is 16.6 Å². The molecular formula is C20H27NO. The maximum absolute atomic E-state index is 12.8. The zero-order valence-electron chi connectivity index (χ0n) is 14.0. The average Bonchev–Trinajstić information content (AvgIpc) is 2.52. The summed E-state index contributed by atoms with van der Waals surface area (Å²) in [4.78, 5) is 15.4. The fourth-order valence-corrected chi connectivity index (χ4v) is 5.98. The summed E-state index contributed by atoms with van der Waals surface area (Å²) in [5.74, 6) is 1.94. The van der Waals surface area contributed by atoms with E-state index in [2.05, 4.69) is 50.1 Å². The highest BCUT2D eigenvalue weighted by molar-refractivity contribution is 5.84. The van der Waals surface area contributed by atoms with E-state index in [1.165, 1.54) is 11.1 Å². The Bertz CT molecular complexity index is 609. The lowest BCUT2D eigenvalue weighted by molar-refractivity contribution is -0.138. The van der Waals surface area contributed by atoms with Gasteiger partial charge in [-0.1, -0.05) is 44.5 Å². The molecule has 0 spiro atoms. The number of hydrogen-bond acceptors (Lipinski definition) is 2. The molecule has 2 bridgehead atoms. The summed E-state index contributed by atoms with van der Waals surface area (Å²) < 4.78 is 0. The van der Waals surface area contributed by atoms with E-state index in [-0.39, 0.29) is 11.3 Å². The molecule has 1 aliphatic heterocycles. The van der Waals surface area contributed by atoms with Gasteiger partial charge in [0.2, 0.25) is 0 Å². The van der Waals surface area contributed by atoms with Gasteiger partial charge in [0.1, 0.15) is 5.78 Å². The van der Waals surface area contributed by atoms with E-state index in [1.54, 1.807) is 0 Å². The van der Waals surface area contributed by atoms with E-state index in [9.17, 15) is 4.79 Å². The number of likely N-dealkylation sites (tertiary alicyclic amines) is 1. The third-order valence-corrected chi connectivity index (χ3v) is 7.08. The number of benzene rings is 1. The lowest BCUT2D eigenvalue weighted by Crippen LogP contribution is -2.64. The minimum atomic E-state index is 0.121.